The number of methoxy groups -OCH3 is 1. The van der Waals surface area contributed by atoms with Crippen LogP contribution >= 0.6 is 0 Å². The van der Waals surface area contributed by atoms with Crippen molar-refractivity contribution in [2.75, 3.05) is 7.11 Å². The summed E-state index contributed by atoms with van der Waals surface area (Å²) >= 11 is 0. The van der Waals surface area contributed by atoms with Gasteiger partial charge in [0, 0.05) is 6.07 Å². The zero-order valence-corrected chi connectivity index (χ0v) is 13.8. The molecule has 0 atom stereocenters. The van der Waals surface area contributed by atoms with Gasteiger partial charge in [0.15, 0.2) is 0 Å². The van der Waals surface area contributed by atoms with Crippen LogP contribution in [0.5, 0.6) is 5.75 Å². The molecule has 0 saturated heterocycles. The first-order valence-electron chi connectivity index (χ1n) is 7.77. The van der Waals surface area contributed by atoms with E-state index in [1.165, 1.54) is 6.07 Å². The van der Waals surface area contributed by atoms with Crippen molar-refractivity contribution in [3.63, 3.8) is 0 Å². The summed E-state index contributed by atoms with van der Waals surface area (Å²) in [5.41, 5.74) is 4.36. The van der Waals surface area contributed by atoms with Gasteiger partial charge in [0.2, 0.25) is 0 Å². The third kappa shape index (κ3) is 3.43. The van der Waals surface area contributed by atoms with Crippen molar-refractivity contribution in [3.8, 4) is 16.9 Å². The Morgan fingerprint density at radius 1 is 0.920 bits per heavy atom. The molecule has 25 heavy (non-hydrogen) atoms. The van der Waals surface area contributed by atoms with Crippen LogP contribution in [0.25, 0.3) is 16.7 Å². The van der Waals surface area contributed by atoms with E-state index in [1.807, 2.05) is 48.5 Å². The summed E-state index contributed by atoms with van der Waals surface area (Å²) in [5.74, 6) is 0.795. The van der Waals surface area contributed by atoms with E-state index in [9.17, 15) is 10.1 Å². The van der Waals surface area contributed by atoms with Crippen molar-refractivity contribution >= 4 is 11.3 Å². The van der Waals surface area contributed by atoms with Crippen molar-refractivity contribution in [1.82, 2.24) is 0 Å². The minimum Gasteiger partial charge on any atom is -0.497 e. The number of hydrogen-bond acceptors (Lipinski definition) is 3. The lowest BCUT2D eigenvalue weighted by Gasteiger charge is -2.09. The number of nitrogens with zero attached hydrogens (tertiary/aromatic N) is 1. The maximum atomic E-state index is 11.2. The van der Waals surface area contributed by atoms with Gasteiger partial charge in [-0.1, -0.05) is 55.1 Å². The Kier molecular flexibility index (Phi) is 4.61. The van der Waals surface area contributed by atoms with Crippen LogP contribution in [0.1, 0.15) is 11.1 Å². The molecule has 3 aromatic rings. The highest BCUT2D eigenvalue weighted by Gasteiger charge is 2.14. The average Bonchev–Trinajstić information content (AvgIpc) is 2.67. The summed E-state index contributed by atoms with van der Waals surface area (Å²) in [4.78, 5) is 10.8. The van der Waals surface area contributed by atoms with Gasteiger partial charge in [-0.15, -0.1) is 0 Å². The largest absolute Gasteiger partial charge is 0.497 e. The molecule has 0 aromatic heterocycles. The molecule has 0 heterocycles. The van der Waals surface area contributed by atoms with Gasteiger partial charge in [0.25, 0.3) is 5.69 Å². The van der Waals surface area contributed by atoms with Gasteiger partial charge in [-0.25, -0.2) is 0 Å². The Hall–Kier alpha value is -3.40. The van der Waals surface area contributed by atoms with Gasteiger partial charge in [0.1, 0.15) is 5.75 Å². The van der Waals surface area contributed by atoms with Crippen LogP contribution in [0, 0.1) is 10.1 Å². The monoisotopic (exact) mass is 331 g/mol. The fourth-order valence-corrected chi connectivity index (χ4v) is 2.69. The Morgan fingerprint density at radius 3 is 2.04 bits per heavy atom. The SMILES string of the molecule is C=C(c1ccc(OC)cc1)c1ccc(-c2ccccc2[N+](=O)[O-])cc1. The number of para-hydroxylation sites is 1. The predicted octanol–water partition coefficient (Wildman–Crippen LogP) is 5.33. The van der Waals surface area contributed by atoms with Crippen LogP contribution in [0.4, 0.5) is 5.69 Å². The highest BCUT2D eigenvalue weighted by atomic mass is 16.6. The molecular formula is C21H17NO3. The van der Waals surface area contributed by atoms with Crippen LogP contribution in [-0.4, -0.2) is 12.0 Å². The van der Waals surface area contributed by atoms with Gasteiger partial charge in [-0.2, -0.15) is 0 Å². The first kappa shape index (κ1) is 16.5. The molecule has 0 amide bonds. The topological polar surface area (TPSA) is 52.4 Å². The van der Waals surface area contributed by atoms with Crippen LogP contribution in [0.2, 0.25) is 0 Å². The summed E-state index contributed by atoms with van der Waals surface area (Å²) in [6, 6.07) is 22.0. The molecular weight excluding hydrogens is 314 g/mol. The van der Waals surface area contributed by atoms with Crippen LogP contribution in [-0.2, 0) is 0 Å². The first-order chi connectivity index (χ1) is 12.1. The number of nitro benzene ring substituents is 1. The summed E-state index contributed by atoms with van der Waals surface area (Å²) in [6.45, 7) is 4.15. The predicted molar refractivity (Wildman–Crippen MR) is 99.7 cm³/mol. The molecule has 0 aliphatic carbocycles. The molecule has 124 valence electrons. The zero-order chi connectivity index (χ0) is 17.8. The molecule has 0 N–H and O–H groups in total. The van der Waals surface area contributed by atoms with Crippen LogP contribution < -0.4 is 4.74 Å². The molecule has 0 aliphatic heterocycles. The number of benzene rings is 3. The normalized spacial score (nSPS) is 10.3. The number of nitro groups is 1. The highest BCUT2D eigenvalue weighted by Crippen LogP contribution is 2.31. The molecule has 0 aliphatic rings. The van der Waals surface area contributed by atoms with Gasteiger partial charge in [-0.3, -0.25) is 10.1 Å². The highest BCUT2D eigenvalue weighted by molar-refractivity contribution is 5.80. The lowest BCUT2D eigenvalue weighted by Crippen LogP contribution is -1.92. The lowest BCUT2D eigenvalue weighted by atomic mass is 9.96. The molecule has 0 unspecified atom stereocenters. The van der Waals surface area contributed by atoms with Crippen LogP contribution in [0.15, 0.2) is 79.4 Å². The second-order valence-electron chi connectivity index (χ2n) is 5.56. The van der Waals surface area contributed by atoms with E-state index in [0.29, 0.717) is 5.56 Å². The average molecular weight is 331 g/mol. The third-order valence-electron chi connectivity index (χ3n) is 4.08. The molecule has 4 nitrogen and oxygen atoms in total. The lowest BCUT2D eigenvalue weighted by molar-refractivity contribution is -0.384. The van der Waals surface area contributed by atoms with Gasteiger partial charge in [-0.05, 0) is 40.5 Å². The van der Waals surface area contributed by atoms with E-state index >= 15 is 0 Å². The molecule has 3 aromatic carbocycles. The molecule has 4 heteroatoms. The minimum atomic E-state index is -0.362. The minimum absolute atomic E-state index is 0.101. The zero-order valence-electron chi connectivity index (χ0n) is 13.8. The molecule has 0 fully saturated rings. The quantitative estimate of drug-likeness (QED) is 0.469. The van der Waals surface area contributed by atoms with E-state index in [-0.39, 0.29) is 10.6 Å². The second kappa shape index (κ2) is 7.01. The number of hydrogen-bond donors (Lipinski definition) is 0. The van der Waals surface area contributed by atoms with Gasteiger partial charge in [0.05, 0.1) is 17.6 Å². The smallest absolute Gasteiger partial charge is 0.277 e. The summed E-state index contributed by atoms with van der Waals surface area (Å²) in [6.07, 6.45) is 0. The maximum absolute atomic E-state index is 11.2. The molecule has 0 bridgehead atoms. The van der Waals surface area contributed by atoms with E-state index in [0.717, 1.165) is 28.0 Å². The third-order valence-corrected chi connectivity index (χ3v) is 4.08. The molecule has 0 radical (unpaired) electrons. The maximum Gasteiger partial charge on any atom is 0.277 e. The standard InChI is InChI=1S/C21H17NO3/c1-15(17-11-13-19(25-2)14-12-17)16-7-9-18(10-8-16)20-5-3-4-6-21(20)22(23)24/h3-14H,1H2,2H3. The van der Waals surface area contributed by atoms with Crippen LogP contribution in [0.3, 0.4) is 0 Å². The Labute approximate surface area is 146 Å². The van der Waals surface area contributed by atoms with E-state index < -0.39 is 0 Å². The van der Waals surface area contributed by atoms with Crippen molar-refractivity contribution < 1.29 is 9.66 Å². The number of ether oxygens (including phenoxy) is 1. The van der Waals surface area contributed by atoms with Crippen molar-refractivity contribution in [1.29, 1.82) is 0 Å². The second-order valence-corrected chi connectivity index (χ2v) is 5.56. The van der Waals surface area contributed by atoms with Crippen molar-refractivity contribution in [3.05, 3.63) is 101 Å². The summed E-state index contributed by atoms with van der Waals surface area (Å²) in [5, 5.41) is 11.2. The van der Waals surface area contributed by atoms with Crippen molar-refractivity contribution in [2.24, 2.45) is 0 Å². The Morgan fingerprint density at radius 2 is 1.48 bits per heavy atom. The summed E-state index contributed by atoms with van der Waals surface area (Å²) in [7, 11) is 1.63. The molecule has 0 spiro atoms. The number of rotatable bonds is 5. The van der Waals surface area contributed by atoms with E-state index in [4.69, 9.17) is 4.74 Å². The summed E-state index contributed by atoms with van der Waals surface area (Å²) < 4.78 is 5.17. The van der Waals surface area contributed by atoms with Gasteiger partial charge >= 0.3 is 0 Å². The van der Waals surface area contributed by atoms with Gasteiger partial charge < -0.3 is 4.74 Å². The molecule has 0 saturated carbocycles. The fraction of sp³-hybridized carbons (Fsp3) is 0.0476. The Balaban J connectivity index is 1.89. The fourth-order valence-electron chi connectivity index (χ4n) is 2.69. The first-order valence-corrected chi connectivity index (χ1v) is 7.77. The van der Waals surface area contributed by atoms with Crippen molar-refractivity contribution in [2.45, 2.75) is 0 Å². The Bertz CT molecular complexity index is 913. The molecule has 3 rings (SSSR count). The van der Waals surface area contributed by atoms with E-state index in [1.54, 1.807) is 25.3 Å². The van der Waals surface area contributed by atoms with E-state index in [2.05, 4.69) is 6.58 Å².